The van der Waals surface area contributed by atoms with E-state index in [2.05, 4.69) is 47.6 Å². The molecular weight excluding hydrogens is 408 g/mol. The van der Waals surface area contributed by atoms with Crippen LogP contribution in [0.25, 0.3) is 0 Å². The zero-order chi connectivity index (χ0) is 24.0. The second-order valence-electron chi connectivity index (χ2n) is 14.2. The van der Waals surface area contributed by atoms with Crippen molar-refractivity contribution in [2.45, 2.75) is 112 Å². The standard InChI is InChI=1S/C30H48O3/c1-19-9-8-14-30(25(32)33-7)18-17-28(5)20(24(19)30)10-11-22-27(4)15-13-23(31)26(2,3)21(27)12-16-29(22,28)6/h10,19,21-24,31H,8-9,11-18H2,1-7H3. The van der Waals surface area contributed by atoms with Gasteiger partial charge >= 0.3 is 5.97 Å². The SMILES string of the molecule is COC(=O)C12CCCC(C)C1C1=CCC3C4(C)CCC(O)C(C)(C)C4CCC3(C)C1(C)CC2. The Morgan fingerprint density at radius 3 is 2.39 bits per heavy atom. The van der Waals surface area contributed by atoms with Crippen LogP contribution in [0.4, 0.5) is 0 Å². The van der Waals surface area contributed by atoms with Gasteiger partial charge in [-0.05, 0) is 96.7 Å². The summed E-state index contributed by atoms with van der Waals surface area (Å²) in [6.45, 7) is 14.8. The number of ether oxygens (including phenoxy) is 1. The lowest BCUT2D eigenvalue weighted by molar-refractivity contribution is -0.206. The van der Waals surface area contributed by atoms with Gasteiger partial charge in [-0.25, -0.2) is 0 Å². The van der Waals surface area contributed by atoms with Crippen molar-refractivity contribution in [2.75, 3.05) is 7.11 Å². The van der Waals surface area contributed by atoms with Crippen molar-refractivity contribution in [3.8, 4) is 0 Å². The highest BCUT2D eigenvalue weighted by atomic mass is 16.5. The Morgan fingerprint density at radius 2 is 1.70 bits per heavy atom. The van der Waals surface area contributed by atoms with Crippen LogP contribution in [0.5, 0.6) is 0 Å². The maximum atomic E-state index is 13.3. The molecule has 4 fully saturated rings. The number of carbonyl (C=O) groups excluding carboxylic acids is 1. The van der Waals surface area contributed by atoms with Crippen LogP contribution in [0.3, 0.4) is 0 Å². The first-order chi connectivity index (χ1) is 15.4. The van der Waals surface area contributed by atoms with Crippen molar-refractivity contribution in [3.05, 3.63) is 11.6 Å². The van der Waals surface area contributed by atoms with Gasteiger partial charge in [-0.2, -0.15) is 0 Å². The number of allylic oxidation sites excluding steroid dienone is 2. The maximum Gasteiger partial charge on any atom is 0.312 e. The van der Waals surface area contributed by atoms with E-state index in [1.807, 2.05) is 0 Å². The lowest BCUT2D eigenvalue weighted by atomic mass is 9.33. The third kappa shape index (κ3) is 2.81. The first-order valence-corrected chi connectivity index (χ1v) is 13.9. The molecule has 3 heteroatoms. The van der Waals surface area contributed by atoms with E-state index < -0.39 is 0 Å². The highest BCUT2D eigenvalue weighted by molar-refractivity contribution is 5.78. The molecular formula is C30H48O3. The van der Waals surface area contributed by atoms with Crippen LogP contribution in [-0.4, -0.2) is 24.3 Å². The molecule has 0 spiro atoms. The summed E-state index contributed by atoms with van der Waals surface area (Å²) in [5, 5.41) is 10.9. The third-order valence-corrected chi connectivity index (χ3v) is 12.9. The van der Waals surface area contributed by atoms with E-state index in [1.165, 1.54) is 19.3 Å². The van der Waals surface area contributed by atoms with Crippen molar-refractivity contribution in [3.63, 3.8) is 0 Å². The normalized spacial score (nSPS) is 53.0. The van der Waals surface area contributed by atoms with Crippen LogP contribution in [0.15, 0.2) is 11.6 Å². The largest absolute Gasteiger partial charge is 0.469 e. The second kappa shape index (κ2) is 7.34. The molecule has 9 unspecified atom stereocenters. The molecule has 0 bridgehead atoms. The van der Waals surface area contributed by atoms with Gasteiger partial charge in [0, 0.05) is 0 Å². The number of aliphatic hydroxyl groups is 1. The number of carbonyl (C=O) groups is 1. The third-order valence-electron chi connectivity index (χ3n) is 12.9. The summed E-state index contributed by atoms with van der Waals surface area (Å²) < 4.78 is 5.47. The van der Waals surface area contributed by atoms with E-state index >= 15 is 0 Å². The maximum absolute atomic E-state index is 13.3. The summed E-state index contributed by atoms with van der Waals surface area (Å²) in [5.41, 5.74) is 1.97. The van der Waals surface area contributed by atoms with Gasteiger partial charge in [-0.3, -0.25) is 4.79 Å². The lowest BCUT2D eigenvalue weighted by Crippen LogP contribution is -2.65. The molecule has 5 aliphatic carbocycles. The molecule has 4 saturated carbocycles. The molecule has 1 N–H and O–H groups in total. The highest BCUT2D eigenvalue weighted by Crippen LogP contribution is 2.75. The molecule has 0 saturated heterocycles. The quantitative estimate of drug-likeness (QED) is 0.344. The molecule has 3 nitrogen and oxygen atoms in total. The number of hydrogen-bond acceptors (Lipinski definition) is 3. The number of hydrogen-bond donors (Lipinski definition) is 1. The average Bonchev–Trinajstić information content (AvgIpc) is 2.76. The smallest absolute Gasteiger partial charge is 0.312 e. The van der Waals surface area contributed by atoms with Crippen LogP contribution in [-0.2, 0) is 9.53 Å². The summed E-state index contributed by atoms with van der Waals surface area (Å²) in [4.78, 5) is 13.3. The predicted octanol–water partition coefficient (Wildman–Crippen LogP) is 6.93. The molecule has 0 aliphatic heterocycles. The zero-order valence-corrected chi connectivity index (χ0v) is 22.3. The molecule has 0 aromatic heterocycles. The van der Waals surface area contributed by atoms with Gasteiger partial charge < -0.3 is 9.84 Å². The molecule has 0 radical (unpaired) electrons. The molecule has 186 valence electrons. The van der Waals surface area contributed by atoms with Crippen molar-refractivity contribution < 1.29 is 14.6 Å². The average molecular weight is 457 g/mol. The minimum atomic E-state index is -0.307. The topological polar surface area (TPSA) is 46.5 Å². The summed E-state index contributed by atoms with van der Waals surface area (Å²) in [7, 11) is 1.59. The number of fused-ring (bicyclic) bond motifs is 7. The molecule has 5 rings (SSSR count). The fourth-order valence-electron chi connectivity index (χ4n) is 10.9. The van der Waals surface area contributed by atoms with Gasteiger partial charge in [0.2, 0.25) is 0 Å². The van der Waals surface area contributed by atoms with Crippen LogP contribution in [0.1, 0.15) is 106 Å². The Kier molecular flexibility index (Phi) is 5.31. The van der Waals surface area contributed by atoms with Gasteiger partial charge in [0.1, 0.15) is 0 Å². The van der Waals surface area contributed by atoms with Gasteiger partial charge in [-0.1, -0.05) is 66.0 Å². The Hall–Kier alpha value is -0.830. The summed E-state index contributed by atoms with van der Waals surface area (Å²) in [5.74, 6) is 2.16. The van der Waals surface area contributed by atoms with Crippen molar-refractivity contribution in [1.82, 2.24) is 0 Å². The van der Waals surface area contributed by atoms with Gasteiger partial charge in [0.25, 0.3) is 0 Å². The zero-order valence-electron chi connectivity index (χ0n) is 22.3. The van der Waals surface area contributed by atoms with Gasteiger partial charge in [0.15, 0.2) is 0 Å². The van der Waals surface area contributed by atoms with Crippen LogP contribution >= 0.6 is 0 Å². The van der Waals surface area contributed by atoms with E-state index in [1.54, 1.807) is 12.7 Å². The molecule has 0 amide bonds. The van der Waals surface area contributed by atoms with Crippen LogP contribution < -0.4 is 0 Å². The van der Waals surface area contributed by atoms with E-state index in [4.69, 9.17) is 4.74 Å². The van der Waals surface area contributed by atoms with Crippen LogP contribution in [0.2, 0.25) is 0 Å². The summed E-state index contributed by atoms with van der Waals surface area (Å²) >= 11 is 0. The van der Waals surface area contributed by atoms with E-state index in [0.29, 0.717) is 23.7 Å². The molecule has 0 aromatic rings. The van der Waals surface area contributed by atoms with Gasteiger partial charge in [0.05, 0.1) is 18.6 Å². The van der Waals surface area contributed by atoms with E-state index in [9.17, 15) is 9.90 Å². The number of methoxy groups -OCH3 is 1. The summed E-state index contributed by atoms with van der Waals surface area (Å²) in [6, 6.07) is 0. The lowest BCUT2D eigenvalue weighted by Gasteiger charge is -2.71. The van der Waals surface area contributed by atoms with Gasteiger partial charge in [-0.15, -0.1) is 0 Å². The Morgan fingerprint density at radius 1 is 0.970 bits per heavy atom. The van der Waals surface area contributed by atoms with E-state index in [-0.39, 0.29) is 39.1 Å². The molecule has 0 aromatic carbocycles. The Balaban J connectivity index is 1.60. The van der Waals surface area contributed by atoms with Crippen molar-refractivity contribution in [2.24, 2.45) is 50.7 Å². The molecule has 33 heavy (non-hydrogen) atoms. The fraction of sp³-hybridized carbons (Fsp3) is 0.900. The molecule has 5 aliphatic rings. The Labute approximate surface area is 202 Å². The highest BCUT2D eigenvalue weighted by Gasteiger charge is 2.69. The van der Waals surface area contributed by atoms with Crippen molar-refractivity contribution >= 4 is 5.97 Å². The minimum Gasteiger partial charge on any atom is -0.469 e. The monoisotopic (exact) mass is 456 g/mol. The summed E-state index contributed by atoms with van der Waals surface area (Å²) in [6.07, 6.45) is 13.6. The fourth-order valence-corrected chi connectivity index (χ4v) is 10.9. The number of esters is 1. The minimum absolute atomic E-state index is 0.0102. The van der Waals surface area contributed by atoms with Crippen LogP contribution in [0, 0.1) is 50.7 Å². The Bertz CT molecular complexity index is 859. The number of aliphatic hydroxyl groups excluding tert-OH is 1. The number of rotatable bonds is 1. The molecule has 0 heterocycles. The predicted molar refractivity (Wildman–Crippen MR) is 132 cm³/mol. The first kappa shape index (κ1) is 23.9. The first-order valence-electron chi connectivity index (χ1n) is 13.9. The van der Waals surface area contributed by atoms with Crippen molar-refractivity contribution in [1.29, 1.82) is 0 Å². The second-order valence-corrected chi connectivity index (χ2v) is 14.2. The van der Waals surface area contributed by atoms with E-state index in [0.717, 1.165) is 44.9 Å². The molecule has 9 atom stereocenters.